The van der Waals surface area contributed by atoms with Crippen LogP contribution in [-0.4, -0.2) is 80.6 Å². The maximum Gasteiger partial charge on any atom is 0.362 e. The van der Waals surface area contributed by atoms with Gasteiger partial charge in [-0.1, -0.05) is 166 Å². The summed E-state index contributed by atoms with van der Waals surface area (Å²) in [6, 6.07) is -0.645. The van der Waals surface area contributed by atoms with Crippen molar-refractivity contribution in [2.24, 2.45) is 0 Å². The van der Waals surface area contributed by atoms with Crippen LogP contribution in [0.2, 0.25) is 0 Å². The van der Waals surface area contributed by atoms with Crippen molar-refractivity contribution in [3.63, 3.8) is 0 Å². The van der Waals surface area contributed by atoms with E-state index in [1.54, 1.807) is 0 Å². The van der Waals surface area contributed by atoms with Crippen LogP contribution in [0.3, 0.4) is 0 Å². The van der Waals surface area contributed by atoms with Crippen molar-refractivity contribution in [1.29, 1.82) is 0 Å². The van der Waals surface area contributed by atoms with E-state index in [4.69, 9.17) is 14.2 Å². The third-order valence-corrected chi connectivity index (χ3v) is 8.66. The molecule has 60 heavy (non-hydrogen) atoms. The first-order valence-corrected chi connectivity index (χ1v) is 22.0. The Labute approximate surface area is 364 Å². The molecule has 1 N–H and O–H groups in total. The molecule has 0 aromatic carbocycles. The number of carbonyl (C=O) groups excluding carboxylic acids is 2. The van der Waals surface area contributed by atoms with Crippen LogP contribution in [0.25, 0.3) is 0 Å². The van der Waals surface area contributed by atoms with E-state index >= 15 is 0 Å². The molecule has 0 spiro atoms. The number of nitrogens with zero attached hydrogens (tertiary/aromatic N) is 1. The van der Waals surface area contributed by atoms with Gasteiger partial charge in [0.1, 0.15) is 6.61 Å². The maximum atomic E-state index is 12.7. The van der Waals surface area contributed by atoms with Crippen molar-refractivity contribution in [2.45, 2.75) is 122 Å². The van der Waals surface area contributed by atoms with Crippen molar-refractivity contribution < 1.29 is 38.2 Å². The first-order chi connectivity index (χ1) is 29.1. The second-order valence-corrected chi connectivity index (χ2v) is 15.0. The number of aliphatic carboxylic acids is 1. The summed E-state index contributed by atoms with van der Waals surface area (Å²) in [4.78, 5) is 37.0. The average Bonchev–Trinajstić information content (AvgIpc) is 3.21. The largest absolute Gasteiger partial charge is 0.477 e. The van der Waals surface area contributed by atoms with Crippen molar-refractivity contribution in [3.8, 4) is 0 Å². The highest BCUT2D eigenvalue weighted by molar-refractivity contribution is 5.72. The molecule has 2 unspecified atom stereocenters. The fourth-order valence-corrected chi connectivity index (χ4v) is 5.32. The first kappa shape index (κ1) is 55.2. The van der Waals surface area contributed by atoms with Gasteiger partial charge in [0.05, 0.1) is 34.4 Å². The molecule has 0 radical (unpaired) electrons. The van der Waals surface area contributed by atoms with Crippen molar-refractivity contribution in [1.82, 2.24) is 0 Å². The molecular weight excluding hydrogens is 751 g/mol. The van der Waals surface area contributed by atoms with Gasteiger partial charge in [-0.15, -0.1) is 0 Å². The van der Waals surface area contributed by atoms with Gasteiger partial charge in [0.25, 0.3) is 0 Å². The zero-order chi connectivity index (χ0) is 44.2. The standard InChI is InChI=1S/C52H77NO7/c1-6-8-10-12-14-16-18-20-22-24-25-27-29-31-33-35-37-39-41-43-51(55)60-48(46-58-45-44-49(52(56)57)53(3,4)5)47-59-50(54)42-40-38-36-34-32-30-28-26-23-21-19-17-15-13-11-9-7-2/h8-11,13-17,19-23,25-28,30-33,37,39,48-49H,6-7,12,18,24,29,34-36,38,40-47H2,1-5H3/p+1/b10-8+,11-9+,15-13+,16-14+,19-17+,22-20+,23-21+,27-25+,28-26+,32-30+,33-31+,39-37+. The van der Waals surface area contributed by atoms with E-state index in [2.05, 4.69) is 86.8 Å². The average molecular weight is 829 g/mol. The number of likely N-dealkylation sites (N-methyl/N-ethyl adjacent to an activating group) is 1. The number of carbonyl (C=O) groups is 3. The number of rotatable bonds is 36. The lowest BCUT2D eigenvalue weighted by Gasteiger charge is -2.31. The van der Waals surface area contributed by atoms with Crippen LogP contribution in [0.4, 0.5) is 0 Å². The highest BCUT2D eigenvalue weighted by Crippen LogP contribution is 2.10. The van der Waals surface area contributed by atoms with E-state index in [1.165, 1.54) is 0 Å². The molecule has 0 bridgehead atoms. The Morgan fingerprint density at radius 1 is 0.517 bits per heavy atom. The normalized spacial score (nSPS) is 14.3. The van der Waals surface area contributed by atoms with Crippen molar-refractivity contribution in [3.05, 3.63) is 146 Å². The number of carboxylic acids is 1. The monoisotopic (exact) mass is 829 g/mol. The van der Waals surface area contributed by atoms with Crippen LogP contribution in [0.1, 0.15) is 110 Å². The van der Waals surface area contributed by atoms with Gasteiger partial charge in [-0.2, -0.15) is 0 Å². The summed E-state index contributed by atoms with van der Waals surface area (Å²) in [5, 5.41) is 9.62. The van der Waals surface area contributed by atoms with Gasteiger partial charge in [-0.3, -0.25) is 9.59 Å². The van der Waals surface area contributed by atoms with Crippen molar-refractivity contribution >= 4 is 17.9 Å². The second kappa shape index (κ2) is 41.0. The second-order valence-electron chi connectivity index (χ2n) is 15.0. The van der Waals surface area contributed by atoms with Crippen LogP contribution in [-0.2, 0) is 28.6 Å². The number of allylic oxidation sites excluding steroid dienone is 24. The third-order valence-electron chi connectivity index (χ3n) is 8.66. The minimum atomic E-state index is -0.901. The summed E-state index contributed by atoms with van der Waals surface area (Å²) >= 11 is 0. The van der Waals surface area contributed by atoms with Gasteiger partial charge < -0.3 is 23.8 Å². The van der Waals surface area contributed by atoms with Crippen molar-refractivity contribution in [2.75, 3.05) is 41.0 Å². The number of quaternary nitrogens is 1. The number of unbranched alkanes of at least 4 members (excludes halogenated alkanes) is 3. The molecule has 8 heteroatoms. The Kier molecular flexibility index (Phi) is 37.7. The smallest absolute Gasteiger partial charge is 0.362 e. The molecular formula is C52H78NO7+. The van der Waals surface area contributed by atoms with Crippen LogP contribution < -0.4 is 0 Å². The predicted molar refractivity (Wildman–Crippen MR) is 251 cm³/mol. The van der Waals surface area contributed by atoms with Crippen LogP contribution in [0.5, 0.6) is 0 Å². The van der Waals surface area contributed by atoms with E-state index in [9.17, 15) is 19.5 Å². The fraction of sp³-hybridized carbons (Fsp3) is 0.481. The maximum absolute atomic E-state index is 12.7. The third kappa shape index (κ3) is 38.7. The van der Waals surface area contributed by atoms with E-state index in [0.717, 1.165) is 64.2 Å². The topological polar surface area (TPSA) is 99.1 Å². The molecule has 0 saturated carbocycles. The Morgan fingerprint density at radius 3 is 1.50 bits per heavy atom. The lowest BCUT2D eigenvalue weighted by Crippen LogP contribution is -2.50. The Balaban J connectivity index is 4.61. The first-order valence-electron chi connectivity index (χ1n) is 22.0. The summed E-state index contributed by atoms with van der Waals surface area (Å²) in [6.07, 6.45) is 60.5. The number of hydrogen-bond donors (Lipinski definition) is 1. The van der Waals surface area contributed by atoms with Gasteiger partial charge in [-0.05, 0) is 70.6 Å². The minimum Gasteiger partial charge on any atom is -0.477 e. The summed E-state index contributed by atoms with van der Waals surface area (Å²) in [7, 11) is 5.46. The number of esters is 2. The molecule has 0 saturated heterocycles. The van der Waals surface area contributed by atoms with Gasteiger partial charge in [0.2, 0.25) is 0 Å². The van der Waals surface area contributed by atoms with Gasteiger partial charge in [-0.25, -0.2) is 4.79 Å². The lowest BCUT2D eigenvalue weighted by molar-refractivity contribution is -0.887. The zero-order valence-corrected chi connectivity index (χ0v) is 37.6. The molecule has 0 aliphatic heterocycles. The molecule has 0 amide bonds. The number of carboxylic acid groups (broad SMARTS) is 1. The summed E-state index contributed by atoms with van der Waals surface area (Å²) in [5.41, 5.74) is 0. The molecule has 8 nitrogen and oxygen atoms in total. The van der Waals surface area contributed by atoms with E-state index in [0.29, 0.717) is 12.8 Å². The molecule has 0 fully saturated rings. The Bertz CT molecular complexity index is 1480. The summed E-state index contributed by atoms with van der Waals surface area (Å²) in [5.74, 6) is -1.66. The molecule has 0 aliphatic carbocycles. The molecule has 0 aliphatic rings. The van der Waals surface area contributed by atoms with E-state index in [1.807, 2.05) is 94.1 Å². The minimum absolute atomic E-state index is 0.00394. The molecule has 0 aromatic heterocycles. The van der Waals surface area contributed by atoms with Crippen LogP contribution in [0, 0.1) is 0 Å². The molecule has 0 rings (SSSR count). The summed E-state index contributed by atoms with van der Waals surface area (Å²) in [6.45, 7) is 4.30. The van der Waals surface area contributed by atoms with Gasteiger partial charge in [0, 0.05) is 19.3 Å². The Hall–Kier alpha value is -4.79. The lowest BCUT2D eigenvalue weighted by atomic mass is 10.1. The number of hydrogen-bond acceptors (Lipinski definition) is 6. The Morgan fingerprint density at radius 2 is 1.00 bits per heavy atom. The zero-order valence-electron chi connectivity index (χ0n) is 37.6. The van der Waals surface area contributed by atoms with Gasteiger partial charge >= 0.3 is 17.9 Å². The molecule has 0 heterocycles. The van der Waals surface area contributed by atoms with E-state index in [-0.39, 0.29) is 49.5 Å². The van der Waals surface area contributed by atoms with E-state index < -0.39 is 24.1 Å². The highest BCUT2D eigenvalue weighted by Gasteiger charge is 2.31. The quantitative estimate of drug-likeness (QED) is 0.0221. The SMILES string of the molecule is CC/C=C/C=C/C=C/C=C/C=C/C=C/CCCCCC(=O)OCC(COCCC(C(=O)O)[N+](C)(C)C)OC(=O)CC/C=C/C/C=C/C/C=C/C/C=C/C/C=C/C/C=C/CC. The molecule has 2 atom stereocenters. The molecule has 332 valence electrons. The predicted octanol–water partition coefficient (Wildman–Crippen LogP) is 12.2. The number of ether oxygens (including phenoxy) is 3. The van der Waals surface area contributed by atoms with Crippen LogP contribution >= 0.6 is 0 Å². The fourth-order valence-electron chi connectivity index (χ4n) is 5.32. The summed E-state index contributed by atoms with van der Waals surface area (Å²) < 4.78 is 17.1. The molecule has 0 aromatic rings. The van der Waals surface area contributed by atoms with Crippen LogP contribution in [0.15, 0.2) is 146 Å². The van der Waals surface area contributed by atoms with Gasteiger partial charge in [0.15, 0.2) is 12.1 Å². The highest BCUT2D eigenvalue weighted by atomic mass is 16.6.